The summed E-state index contributed by atoms with van der Waals surface area (Å²) in [5, 5.41) is 2.57. The standard InChI is InChI=1S/C18H15Br/c1-2-13-12-15-10-6-7-11-16(15)18(19)17(13)14-8-4-3-5-9-14/h3-12H,2H2,1H3. The van der Waals surface area contributed by atoms with Crippen molar-refractivity contribution in [3.8, 4) is 11.1 Å². The normalized spacial score (nSPS) is 10.8. The fraction of sp³-hybridized carbons (Fsp3) is 0.111. The van der Waals surface area contributed by atoms with E-state index in [2.05, 4.69) is 83.5 Å². The van der Waals surface area contributed by atoms with Gasteiger partial charge in [-0.2, -0.15) is 0 Å². The van der Waals surface area contributed by atoms with Gasteiger partial charge in [0.15, 0.2) is 0 Å². The van der Waals surface area contributed by atoms with Gasteiger partial charge in [-0.15, -0.1) is 0 Å². The van der Waals surface area contributed by atoms with Crippen LogP contribution in [0.2, 0.25) is 0 Å². The molecule has 0 aliphatic heterocycles. The summed E-state index contributed by atoms with van der Waals surface area (Å²) in [6, 6.07) is 21.4. The highest BCUT2D eigenvalue weighted by Gasteiger charge is 2.11. The highest BCUT2D eigenvalue weighted by Crippen LogP contribution is 2.37. The second-order valence-electron chi connectivity index (χ2n) is 4.67. The molecule has 3 rings (SSSR count). The molecule has 0 bridgehead atoms. The van der Waals surface area contributed by atoms with E-state index in [-0.39, 0.29) is 0 Å². The average molecular weight is 311 g/mol. The third-order valence-electron chi connectivity index (χ3n) is 3.51. The molecule has 0 unspecified atom stereocenters. The van der Waals surface area contributed by atoms with E-state index in [9.17, 15) is 0 Å². The van der Waals surface area contributed by atoms with Crippen molar-refractivity contribution >= 4 is 26.7 Å². The predicted molar refractivity (Wildman–Crippen MR) is 86.5 cm³/mol. The quantitative estimate of drug-likeness (QED) is 0.558. The molecular weight excluding hydrogens is 296 g/mol. The fourth-order valence-corrected chi connectivity index (χ4v) is 3.40. The van der Waals surface area contributed by atoms with Crippen LogP contribution in [0.15, 0.2) is 65.1 Å². The minimum atomic E-state index is 1.04. The molecule has 1 heteroatoms. The van der Waals surface area contributed by atoms with Crippen LogP contribution < -0.4 is 0 Å². The first kappa shape index (κ1) is 12.4. The molecular formula is C18H15Br. The van der Waals surface area contributed by atoms with Crippen molar-refractivity contribution in [3.63, 3.8) is 0 Å². The Hall–Kier alpha value is -1.60. The molecule has 0 aliphatic carbocycles. The molecule has 0 atom stereocenters. The lowest BCUT2D eigenvalue weighted by molar-refractivity contribution is 1.15. The molecule has 0 fully saturated rings. The second-order valence-corrected chi connectivity index (χ2v) is 5.46. The second kappa shape index (κ2) is 5.18. The first-order chi connectivity index (χ1) is 9.31. The minimum Gasteiger partial charge on any atom is -0.0622 e. The van der Waals surface area contributed by atoms with E-state index in [1.165, 1.54) is 31.9 Å². The van der Waals surface area contributed by atoms with Crippen molar-refractivity contribution in [3.05, 3.63) is 70.7 Å². The lowest BCUT2D eigenvalue weighted by Crippen LogP contribution is -1.91. The largest absolute Gasteiger partial charge is 0.0622 e. The van der Waals surface area contributed by atoms with Gasteiger partial charge in [0.2, 0.25) is 0 Å². The third kappa shape index (κ3) is 2.19. The number of hydrogen-bond acceptors (Lipinski definition) is 0. The molecule has 0 aliphatic rings. The van der Waals surface area contributed by atoms with Crippen LogP contribution in [0, 0.1) is 0 Å². The SMILES string of the molecule is CCc1cc2ccccc2c(Br)c1-c1ccccc1. The lowest BCUT2D eigenvalue weighted by atomic mass is 9.94. The van der Waals surface area contributed by atoms with E-state index in [1.54, 1.807) is 0 Å². The number of fused-ring (bicyclic) bond motifs is 1. The van der Waals surface area contributed by atoms with Gasteiger partial charge in [-0.3, -0.25) is 0 Å². The van der Waals surface area contributed by atoms with Gasteiger partial charge in [0.05, 0.1) is 0 Å². The van der Waals surface area contributed by atoms with Gasteiger partial charge >= 0.3 is 0 Å². The molecule has 0 saturated carbocycles. The molecule has 3 aromatic carbocycles. The number of halogens is 1. The maximum Gasteiger partial charge on any atom is 0.0334 e. The molecule has 0 spiro atoms. The van der Waals surface area contributed by atoms with Crippen LogP contribution >= 0.6 is 15.9 Å². The van der Waals surface area contributed by atoms with Gasteiger partial charge in [0.25, 0.3) is 0 Å². The Morgan fingerprint density at radius 3 is 2.32 bits per heavy atom. The Morgan fingerprint density at radius 2 is 1.58 bits per heavy atom. The van der Waals surface area contributed by atoms with Crippen LogP contribution in [0.1, 0.15) is 12.5 Å². The summed E-state index contributed by atoms with van der Waals surface area (Å²) in [5.74, 6) is 0. The highest BCUT2D eigenvalue weighted by molar-refractivity contribution is 9.10. The Balaban J connectivity index is 2.37. The van der Waals surface area contributed by atoms with E-state index in [4.69, 9.17) is 0 Å². The molecule has 0 nitrogen and oxygen atoms in total. The van der Waals surface area contributed by atoms with E-state index < -0.39 is 0 Å². The van der Waals surface area contributed by atoms with Gasteiger partial charge in [0.1, 0.15) is 0 Å². The summed E-state index contributed by atoms with van der Waals surface area (Å²) in [6.07, 6.45) is 1.04. The topological polar surface area (TPSA) is 0 Å². The van der Waals surface area contributed by atoms with E-state index in [0.717, 1.165) is 6.42 Å². The molecule has 0 radical (unpaired) electrons. The maximum absolute atomic E-state index is 3.81. The van der Waals surface area contributed by atoms with Crippen LogP contribution in [0.3, 0.4) is 0 Å². The van der Waals surface area contributed by atoms with Crippen molar-refractivity contribution in [2.24, 2.45) is 0 Å². The van der Waals surface area contributed by atoms with Crippen LogP contribution in [0.4, 0.5) is 0 Å². The van der Waals surface area contributed by atoms with E-state index in [1.807, 2.05) is 0 Å². The van der Waals surface area contributed by atoms with Gasteiger partial charge in [-0.1, -0.05) is 67.6 Å². The molecule has 19 heavy (non-hydrogen) atoms. The number of hydrogen-bond donors (Lipinski definition) is 0. The van der Waals surface area contributed by atoms with Crippen LogP contribution in [-0.4, -0.2) is 0 Å². The summed E-state index contributed by atoms with van der Waals surface area (Å²) in [6.45, 7) is 2.21. The molecule has 0 amide bonds. The molecule has 0 aromatic heterocycles. The summed E-state index contributed by atoms with van der Waals surface area (Å²) >= 11 is 3.81. The van der Waals surface area contributed by atoms with Crippen molar-refractivity contribution in [2.75, 3.05) is 0 Å². The summed E-state index contributed by atoms with van der Waals surface area (Å²) in [7, 11) is 0. The van der Waals surface area contributed by atoms with Crippen LogP contribution in [-0.2, 0) is 6.42 Å². The summed E-state index contributed by atoms with van der Waals surface area (Å²) < 4.78 is 1.20. The highest BCUT2D eigenvalue weighted by atomic mass is 79.9. The van der Waals surface area contributed by atoms with Gasteiger partial charge in [-0.05, 0) is 49.8 Å². The minimum absolute atomic E-state index is 1.04. The van der Waals surface area contributed by atoms with Gasteiger partial charge in [0, 0.05) is 4.47 Å². The number of benzene rings is 3. The summed E-state index contributed by atoms with van der Waals surface area (Å²) in [5.41, 5.74) is 3.98. The first-order valence-corrected chi connectivity index (χ1v) is 7.36. The van der Waals surface area contributed by atoms with Crippen LogP contribution in [0.25, 0.3) is 21.9 Å². The Bertz CT molecular complexity index is 714. The van der Waals surface area contributed by atoms with E-state index in [0.29, 0.717) is 0 Å². The fourth-order valence-electron chi connectivity index (χ4n) is 2.55. The van der Waals surface area contributed by atoms with Crippen molar-refractivity contribution < 1.29 is 0 Å². The van der Waals surface area contributed by atoms with E-state index >= 15 is 0 Å². The Morgan fingerprint density at radius 1 is 0.895 bits per heavy atom. The number of rotatable bonds is 2. The molecule has 0 saturated heterocycles. The van der Waals surface area contributed by atoms with Crippen molar-refractivity contribution in [1.82, 2.24) is 0 Å². The Labute approximate surface area is 122 Å². The first-order valence-electron chi connectivity index (χ1n) is 6.57. The van der Waals surface area contributed by atoms with Gasteiger partial charge < -0.3 is 0 Å². The lowest BCUT2D eigenvalue weighted by Gasteiger charge is -2.14. The zero-order valence-corrected chi connectivity index (χ0v) is 12.4. The van der Waals surface area contributed by atoms with Gasteiger partial charge in [-0.25, -0.2) is 0 Å². The third-order valence-corrected chi connectivity index (χ3v) is 4.33. The molecule has 0 heterocycles. The smallest absolute Gasteiger partial charge is 0.0334 e. The average Bonchev–Trinajstić information content (AvgIpc) is 2.48. The predicted octanol–water partition coefficient (Wildman–Crippen LogP) is 5.83. The zero-order valence-electron chi connectivity index (χ0n) is 10.9. The van der Waals surface area contributed by atoms with Crippen molar-refractivity contribution in [2.45, 2.75) is 13.3 Å². The molecule has 3 aromatic rings. The van der Waals surface area contributed by atoms with Crippen LogP contribution in [0.5, 0.6) is 0 Å². The molecule has 94 valence electrons. The molecule has 0 N–H and O–H groups in total. The zero-order chi connectivity index (χ0) is 13.2. The maximum atomic E-state index is 3.81. The monoisotopic (exact) mass is 310 g/mol. The Kier molecular flexibility index (Phi) is 3.39. The summed E-state index contributed by atoms with van der Waals surface area (Å²) in [4.78, 5) is 0. The van der Waals surface area contributed by atoms with Crippen molar-refractivity contribution in [1.29, 1.82) is 0 Å². The number of aryl methyl sites for hydroxylation is 1.